The lowest BCUT2D eigenvalue weighted by Crippen LogP contribution is -2.05. The molecule has 2 heterocycles. The molecule has 0 spiro atoms. The summed E-state index contributed by atoms with van der Waals surface area (Å²) in [7, 11) is 0. The van der Waals surface area contributed by atoms with Gasteiger partial charge < -0.3 is 9.30 Å². The van der Waals surface area contributed by atoms with Crippen molar-refractivity contribution in [3.05, 3.63) is 69.1 Å². The lowest BCUT2D eigenvalue weighted by atomic mass is 10.2. The van der Waals surface area contributed by atoms with Crippen LogP contribution in [-0.2, 0) is 13.2 Å². The van der Waals surface area contributed by atoms with Gasteiger partial charge in [-0.2, -0.15) is 0 Å². The third-order valence-corrected chi connectivity index (χ3v) is 5.31. The third-order valence-electron chi connectivity index (χ3n) is 4.57. The van der Waals surface area contributed by atoms with Crippen molar-refractivity contribution in [3.63, 3.8) is 0 Å². The van der Waals surface area contributed by atoms with E-state index in [-0.39, 0.29) is 0 Å². The molecule has 0 radical (unpaired) electrons. The predicted molar refractivity (Wildman–Crippen MR) is 109 cm³/mol. The molecule has 26 heavy (non-hydrogen) atoms. The largest absolute Gasteiger partial charge is 0.487 e. The van der Waals surface area contributed by atoms with Gasteiger partial charge in [-0.3, -0.25) is 4.98 Å². The van der Waals surface area contributed by atoms with Crippen molar-refractivity contribution in [3.8, 4) is 5.75 Å². The van der Waals surface area contributed by atoms with Crippen LogP contribution in [0.15, 0.2) is 42.1 Å². The van der Waals surface area contributed by atoms with E-state index in [0.717, 1.165) is 17.8 Å². The fourth-order valence-corrected chi connectivity index (χ4v) is 3.28. The van der Waals surface area contributed by atoms with Gasteiger partial charge in [-0.15, -0.1) is 0 Å². The normalized spacial score (nSPS) is 11.0. The molecule has 0 bridgehead atoms. The second-order valence-electron chi connectivity index (χ2n) is 6.62. The smallest absolute Gasteiger partial charge is 0.132 e. The summed E-state index contributed by atoms with van der Waals surface area (Å²) in [6, 6.07) is 7.34. The molecule has 3 aromatic rings. The van der Waals surface area contributed by atoms with Gasteiger partial charge in [0.1, 0.15) is 18.1 Å². The number of halogens is 2. The molecule has 0 unspecified atom stereocenters. The fraction of sp³-hybridized carbons (Fsp3) is 0.286. The number of aryl methyl sites for hydroxylation is 1. The maximum Gasteiger partial charge on any atom is 0.132 e. The molecule has 0 atom stereocenters. The van der Waals surface area contributed by atoms with Crippen LogP contribution in [-0.4, -0.2) is 9.55 Å². The Hall–Kier alpha value is -1.97. The van der Waals surface area contributed by atoms with E-state index in [0.29, 0.717) is 22.4 Å². The number of hydrogen-bond acceptors (Lipinski definition) is 2. The molecule has 0 N–H and O–H groups in total. The van der Waals surface area contributed by atoms with Crippen LogP contribution in [0.2, 0.25) is 10.0 Å². The first-order valence-electron chi connectivity index (χ1n) is 8.53. The van der Waals surface area contributed by atoms with Gasteiger partial charge in [0, 0.05) is 29.9 Å². The lowest BCUT2D eigenvalue weighted by Gasteiger charge is -2.11. The molecule has 0 aliphatic carbocycles. The first-order valence-corrected chi connectivity index (χ1v) is 9.28. The molecule has 5 heteroatoms. The highest BCUT2D eigenvalue weighted by atomic mass is 35.5. The Morgan fingerprint density at radius 2 is 1.92 bits per heavy atom. The molecule has 0 saturated carbocycles. The quantitative estimate of drug-likeness (QED) is 0.466. The molecule has 2 aromatic heterocycles. The number of ether oxygens (including phenoxy) is 1. The van der Waals surface area contributed by atoms with E-state index < -0.39 is 0 Å². The number of aromatic nitrogens is 2. The zero-order valence-corrected chi connectivity index (χ0v) is 16.9. The molecule has 0 fully saturated rings. The minimum absolute atomic E-state index is 0.368. The summed E-state index contributed by atoms with van der Waals surface area (Å²) in [5.74, 6) is 0.675. The Kier molecular flexibility index (Phi) is 5.59. The number of pyridine rings is 1. The van der Waals surface area contributed by atoms with E-state index in [4.69, 9.17) is 27.9 Å². The van der Waals surface area contributed by atoms with Crippen LogP contribution in [0.25, 0.3) is 10.9 Å². The van der Waals surface area contributed by atoms with Gasteiger partial charge in [0.2, 0.25) is 0 Å². The standard InChI is InChI=1S/C21H22Cl2N2O/c1-13(2)8-10-25-15(4)14(3)17-7-9-24-20(21(17)25)12-26-16-5-6-18(22)19(23)11-16/h5-9,11H,10,12H2,1-4H3. The minimum atomic E-state index is 0.368. The molecule has 3 nitrogen and oxygen atoms in total. The summed E-state index contributed by atoms with van der Waals surface area (Å²) < 4.78 is 8.24. The molecule has 1 aromatic carbocycles. The van der Waals surface area contributed by atoms with E-state index in [1.54, 1.807) is 12.1 Å². The third kappa shape index (κ3) is 3.74. The van der Waals surface area contributed by atoms with E-state index in [2.05, 4.69) is 49.4 Å². The summed E-state index contributed by atoms with van der Waals surface area (Å²) in [4.78, 5) is 4.58. The maximum absolute atomic E-state index is 6.07. The van der Waals surface area contributed by atoms with Gasteiger partial charge in [0.05, 0.1) is 15.6 Å². The molecule has 0 saturated heterocycles. The summed E-state index contributed by atoms with van der Waals surface area (Å²) in [5, 5.41) is 2.21. The van der Waals surface area contributed by atoms with Crippen molar-refractivity contribution in [2.24, 2.45) is 0 Å². The van der Waals surface area contributed by atoms with Crippen LogP contribution < -0.4 is 4.74 Å². The summed E-state index contributed by atoms with van der Waals surface area (Å²) in [6.45, 7) is 9.72. The van der Waals surface area contributed by atoms with Crippen molar-refractivity contribution in [2.45, 2.75) is 40.8 Å². The monoisotopic (exact) mass is 388 g/mol. The number of nitrogens with zero attached hydrogens (tertiary/aromatic N) is 2. The topological polar surface area (TPSA) is 27.1 Å². The van der Waals surface area contributed by atoms with Gasteiger partial charge >= 0.3 is 0 Å². The van der Waals surface area contributed by atoms with E-state index in [1.807, 2.05) is 12.3 Å². The SMILES string of the molecule is CC(C)=CCn1c(C)c(C)c2ccnc(COc3ccc(Cl)c(Cl)c3)c21. The molecule has 3 rings (SSSR count). The highest BCUT2D eigenvalue weighted by molar-refractivity contribution is 6.42. The van der Waals surface area contributed by atoms with E-state index in [9.17, 15) is 0 Å². The van der Waals surface area contributed by atoms with Crippen molar-refractivity contribution >= 4 is 34.1 Å². The maximum atomic E-state index is 6.07. The van der Waals surface area contributed by atoms with Crippen LogP contribution in [0, 0.1) is 13.8 Å². The van der Waals surface area contributed by atoms with E-state index >= 15 is 0 Å². The van der Waals surface area contributed by atoms with Crippen LogP contribution >= 0.6 is 23.2 Å². The first-order chi connectivity index (χ1) is 12.4. The average molecular weight is 389 g/mol. The van der Waals surface area contributed by atoms with Gasteiger partial charge in [0.25, 0.3) is 0 Å². The van der Waals surface area contributed by atoms with Gasteiger partial charge in [-0.25, -0.2) is 0 Å². The number of allylic oxidation sites excluding steroid dienone is 2. The second-order valence-corrected chi connectivity index (χ2v) is 7.44. The lowest BCUT2D eigenvalue weighted by molar-refractivity contribution is 0.302. The Bertz CT molecular complexity index is 985. The minimum Gasteiger partial charge on any atom is -0.487 e. The average Bonchev–Trinajstić information content (AvgIpc) is 2.86. The van der Waals surface area contributed by atoms with Crippen LogP contribution in [0.4, 0.5) is 0 Å². The first kappa shape index (κ1) is 18.8. The van der Waals surface area contributed by atoms with Crippen LogP contribution in [0.3, 0.4) is 0 Å². The second kappa shape index (κ2) is 7.73. The van der Waals surface area contributed by atoms with Gasteiger partial charge in [0.15, 0.2) is 0 Å². The predicted octanol–water partition coefficient (Wildman–Crippen LogP) is 6.51. The molecule has 0 amide bonds. The van der Waals surface area contributed by atoms with Gasteiger partial charge in [-0.1, -0.05) is 34.9 Å². The van der Waals surface area contributed by atoms with Crippen molar-refractivity contribution in [1.29, 1.82) is 0 Å². The van der Waals surface area contributed by atoms with Gasteiger partial charge in [-0.05, 0) is 51.5 Å². The van der Waals surface area contributed by atoms with Crippen molar-refractivity contribution in [2.75, 3.05) is 0 Å². The Balaban J connectivity index is 1.98. The van der Waals surface area contributed by atoms with E-state index in [1.165, 1.54) is 22.2 Å². The Morgan fingerprint density at radius 3 is 2.62 bits per heavy atom. The highest BCUT2D eigenvalue weighted by Crippen LogP contribution is 2.29. The summed E-state index contributed by atoms with van der Waals surface area (Å²) in [6.07, 6.45) is 4.07. The van der Waals surface area contributed by atoms with Crippen LogP contribution in [0.5, 0.6) is 5.75 Å². The zero-order valence-electron chi connectivity index (χ0n) is 15.4. The zero-order chi connectivity index (χ0) is 18.8. The summed E-state index contributed by atoms with van der Waals surface area (Å²) in [5.41, 5.74) is 5.86. The highest BCUT2D eigenvalue weighted by Gasteiger charge is 2.15. The number of rotatable bonds is 5. The number of benzene rings is 1. The number of hydrogen-bond donors (Lipinski definition) is 0. The summed E-state index contributed by atoms with van der Waals surface area (Å²) >= 11 is 12.0. The number of fused-ring (bicyclic) bond motifs is 1. The van der Waals surface area contributed by atoms with Crippen molar-refractivity contribution in [1.82, 2.24) is 9.55 Å². The Labute approximate surface area is 164 Å². The molecule has 0 aliphatic rings. The van der Waals surface area contributed by atoms with Crippen molar-refractivity contribution < 1.29 is 4.74 Å². The molecular formula is C21H22Cl2N2O. The molecular weight excluding hydrogens is 367 g/mol. The molecule has 0 aliphatic heterocycles. The molecule has 136 valence electrons. The fourth-order valence-electron chi connectivity index (χ4n) is 2.99. The van der Waals surface area contributed by atoms with Crippen LogP contribution in [0.1, 0.15) is 30.8 Å². The Morgan fingerprint density at radius 1 is 1.15 bits per heavy atom.